The van der Waals surface area contributed by atoms with Crippen LogP contribution >= 0.6 is 11.3 Å². The maximum Gasteiger partial charge on any atom is 0.223 e. The predicted molar refractivity (Wildman–Crippen MR) is 121 cm³/mol. The van der Waals surface area contributed by atoms with Gasteiger partial charge in [0.2, 0.25) is 11.7 Å². The van der Waals surface area contributed by atoms with E-state index in [4.69, 9.17) is 14.2 Å². The molecule has 0 aliphatic carbocycles. The van der Waals surface area contributed by atoms with Crippen LogP contribution in [0.3, 0.4) is 0 Å². The number of fused-ring (bicyclic) bond motifs is 1. The Hall–Kier alpha value is -3.07. The highest BCUT2D eigenvalue weighted by molar-refractivity contribution is 7.21. The first kappa shape index (κ1) is 21.2. The fraction of sp³-hybridized carbons (Fsp3) is 0.409. The van der Waals surface area contributed by atoms with E-state index in [-0.39, 0.29) is 5.91 Å². The minimum absolute atomic E-state index is 0.152. The summed E-state index contributed by atoms with van der Waals surface area (Å²) in [5.74, 6) is 1.91. The molecule has 0 radical (unpaired) electrons. The lowest BCUT2D eigenvalue weighted by Gasteiger charge is -2.34. The quantitative estimate of drug-likeness (QED) is 0.557. The second-order valence-electron chi connectivity index (χ2n) is 7.23. The number of hydrogen-bond donors (Lipinski definition) is 0. The van der Waals surface area contributed by atoms with Crippen molar-refractivity contribution in [2.24, 2.45) is 0 Å². The van der Waals surface area contributed by atoms with E-state index >= 15 is 0 Å². The number of nitrogens with zero attached hydrogens (tertiary/aromatic N) is 4. The van der Waals surface area contributed by atoms with Crippen molar-refractivity contribution < 1.29 is 19.0 Å². The molecule has 1 aliphatic rings. The van der Waals surface area contributed by atoms with E-state index in [9.17, 15) is 4.79 Å². The fourth-order valence-electron chi connectivity index (χ4n) is 3.73. The monoisotopic (exact) mass is 442 g/mol. The van der Waals surface area contributed by atoms with Gasteiger partial charge < -0.3 is 24.0 Å². The first-order chi connectivity index (χ1) is 15.1. The molecule has 1 amide bonds. The minimum Gasteiger partial charge on any atom is -0.493 e. The molecular formula is C22H26N4O4S. The summed E-state index contributed by atoms with van der Waals surface area (Å²) in [5.41, 5.74) is 1.90. The van der Waals surface area contributed by atoms with Crippen LogP contribution in [0.5, 0.6) is 17.2 Å². The molecule has 1 aliphatic heterocycles. The Balaban J connectivity index is 1.34. The third kappa shape index (κ3) is 4.51. The molecule has 2 aromatic heterocycles. The number of aryl methyl sites for hydroxylation is 1. The normalized spacial score (nSPS) is 14.0. The molecule has 4 rings (SSSR count). The molecule has 0 spiro atoms. The van der Waals surface area contributed by atoms with Crippen LogP contribution < -0.4 is 19.1 Å². The highest BCUT2D eigenvalue weighted by atomic mass is 32.1. The van der Waals surface area contributed by atoms with Crippen LogP contribution in [0.25, 0.3) is 10.3 Å². The third-order valence-corrected chi connectivity index (χ3v) is 6.45. The largest absolute Gasteiger partial charge is 0.493 e. The van der Waals surface area contributed by atoms with Crippen LogP contribution in [-0.2, 0) is 11.2 Å². The lowest BCUT2D eigenvalue weighted by atomic mass is 10.1. The first-order valence-electron chi connectivity index (χ1n) is 10.2. The summed E-state index contributed by atoms with van der Waals surface area (Å²) in [5, 5.41) is 0.971. The van der Waals surface area contributed by atoms with Crippen molar-refractivity contribution in [2.75, 3.05) is 52.4 Å². The number of benzene rings is 1. The van der Waals surface area contributed by atoms with Gasteiger partial charge in [-0.25, -0.2) is 9.97 Å². The highest BCUT2D eigenvalue weighted by Crippen LogP contribution is 2.38. The summed E-state index contributed by atoms with van der Waals surface area (Å²) in [6, 6.07) is 7.67. The van der Waals surface area contributed by atoms with Crippen molar-refractivity contribution in [1.29, 1.82) is 0 Å². The second-order valence-corrected chi connectivity index (χ2v) is 8.18. The van der Waals surface area contributed by atoms with Gasteiger partial charge in [0.25, 0.3) is 0 Å². The van der Waals surface area contributed by atoms with Gasteiger partial charge in [0.15, 0.2) is 16.6 Å². The predicted octanol–water partition coefficient (Wildman–Crippen LogP) is 3.00. The smallest absolute Gasteiger partial charge is 0.223 e. The lowest BCUT2D eigenvalue weighted by molar-refractivity contribution is -0.131. The zero-order chi connectivity index (χ0) is 21.8. The number of pyridine rings is 1. The van der Waals surface area contributed by atoms with Crippen LogP contribution in [0.1, 0.15) is 12.0 Å². The van der Waals surface area contributed by atoms with Crippen LogP contribution in [0, 0.1) is 0 Å². The average molecular weight is 443 g/mol. The average Bonchev–Trinajstić information content (AvgIpc) is 3.26. The molecule has 1 fully saturated rings. The van der Waals surface area contributed by atoms with E-state index in [0.717, 1.165) is 34.1 Å². The van der Waals surface area contributed by atoms with E-state index in [1.54, 1.807) is 38.9 Å². The fourth-order valence-corrected chi connectivity index (χ4v) is 4.69. The molecule has 0 N–H and O–H groups in total. The van der Waals surface area contributed by atoms with Crippen LogP contribution in [0.2, 0.25) is 0 Å². The molecule has 1 aromatic carbocycles. The number of aromatic nitrogens is 2. The third-order valence-electron chi connectivity index (χ3n) is 5.41. The molecule has 0 atom stereocenters. The molecule has 3 aromatic rings. The Morgan fingerprint density at radius 1 is 1.06 bits per heavy atom. The van der Waals surface area contributed by atoms with Crippen molar-refractivity contribution in [2.45, 2.75) is 12.8 Å². The summed E-state index contributed by atoms with van der Waals surface area (Å²) in [6.07, 6.45) is 2.83. The molecule has 3 heterocycles. The standard InChI is InChI=1S/C22H26N4O4S/c1-28-17-13-15(14-18(29-2)20(17)30-3)6-7-19(27)25-9-11-26(12-10-25)22-24-16-5-4-8-23-21(16)31-22/h4-5,8,13-14H,6-7,9-12H2,1-3H3. The van der Waals surface area contributed by atoms with Gasteiger partial charge in [-0.05, 0) is 36.2 Å². The van der Waals surface area contributed by atoms with Gasteiger partial charge in [-0.15, -0.1) is 0 Å². The number of hydrogen-bond acceptors (Lipinski definition) is 8. The van der Waals surface area contributed by atoms with Gasteiger partial charge >= 0.3 is 0 Å². The van der Waals surface area contributed by atoms with E-state index in [0.29, 0.717) is 43.2 Å². The molecule has 0 unspecified atom stereocenters. The van der Waals surface area contributed by atoms with Gasteiger partial charge in [0.05, 0.1) is 21.3 Å². The van der Waals surface area contributed by atoms with Crippen molar-refractivity contribution in [3.8, 4) is 17.2 Å². The molecule has 1 saturated heterocycles. The Labute approximate surface area is 185 Å². The zero-order valence-corrected chi connectivity index (χ0v) is 18.8. The van der Waals surface area contributed by atoms with Crippen molar-refractivity contribution in [3.63, 3.8) is 0 Å². The molecule has 31 heavy (non-hydrogen) atoms. The van der Waals surface area contributed by atoms with Crippen LogP contribution in [-0.4, -0.2) is 68.3 Å². The Bertz CT molecular complexity index is 1000. The van der Waals surface area contributed by atoms with Crippen molar-refractivity contribution >= 4 is 32.7 Å². The second kappa shape index (κ2) is 9.38. The summed E-state index contributed by atoms with van der Waals surface area (Å²) in [7, 11) is 4.76. The first-order valence-corrected chi connectivity index (χ1v) is 11.0. The van der Waals surface area contributed by atoms with Gasteiger partial charge in [-0.2, -0.15) is 0 Å². The number of carbonyl (C=O) groups is 1. The number of carbonyl (C=O) groups excluding carboxylic acids is 1. The van der Waals surface area contributed by atoms with Crippen LogP contribution in [0.4, 0.5) is 5.13 Å². The van der Waals surface area contributed by atoms with E-state index < -0.39 is 0 Å². The molecule has 8 nitrogen and oxygen atoms in total. The highest BCUT2D eigenvalue weighted by Gasteiger charge is 2.23. The van der Waals surface area contributed by atoms with E-state index in [2.05, 4.69) is 14.9 Å². The SMILES string of the molecule is COc1cc(CCC(=O)N2CCN(c3nc4cccnc4s3)CC2)cc(OC)c1OC. The Morgan fingerprint density at radius 3 is 2.39 bits per heavy atom. The summed E-state index contributed by atoms with van der Waals surface area (Å²) in [4.78, 5) is 26.9. The Kier molecular flexibility index (Phi) is 6.41. The number of thiazole rings is 1. The maximum absolute atomic E-state index is 12.8. The van der Waals surface area contributed by atoms with Gasteiger partial charge in [0.1, 0.15) is 10.3 Å². The summed E-state index contributed by atoms with van der Waals surface area (Å²) in [6.45, 7) is 2.93. The van der Waals surface area contributed by atoms with Crippen molar-refractivity contribution in [3.05, 3.63) is 36.0 Å². The zero-order valence-electron chi connectivity index (χ0n) is 18.0. The van der Waals surface area contributed by atoms with Gasteiger partial charge in [0, 0.05) is 38.8 Å². The molecule has 164 valence electrons. The minimum atomic E-state index is 0.152. The number of methoxy groups -OCH3 is 3. The van der Waals surface area contributed by atoms with Crippen molar-refractivity contribution in [1.82, 2.24) is 14.9 Å². The summed E-state index contributed by atoms with van der Waals surface area (Å²) >= 11 is 1.60. The number of rotatable bonds is 7. The molecular weight excluding hydrogens is 416 g/mol. The number of ether oxygens (including phenoxy) is 3. The Morgan fingerprint density at radius 2 is 1.77 bits per heavy atom. The summed E-state index contributed by atoms with van der Waals surface area (Å²) < 4.78 is 16.2. The van der Waals surface area contributed by atoms with Crippen LogP contribution in [0.15, 0.2) is 30.5 Å². The number of anilines is 1. The number of piperazine rings is 1. The lowest BCUT2D eigenvalue weighted by Crippen LogP contribution is -2.48. The maximum atomic E-state index is 12.8. The molecule has 9 heteroatoms. The molecule has 0 bridgehead atoms. The van der Waals surface area contributed by atoms with E-state index in [1.807, 2.05) is 29.2 Å². The van der Waals surface area contributed by atoms with Gasteiger partial charge in [-0.1, -0.05) is 11.3 Å². The number of amides is 1. The van der Waals surface area contributed by atoms with Gasteiger partial charge in [-0.3, -0.25) is 4.79 Å². The topological polar surface area (TPSA) is 77.0 Å². The molecule has 0 saturated carbocycles. The van der Waals surface area contributed by atoms with E-state index in [1.165, 1.54) is 0 Å².